The molecule has 1 saturated carbocycles. The van der Waals surface area contributed by atoms with Gasteiger partial charge in [0.25, 0.3) is 0 Å². The van der Waals surface area contributed by atoms with E-state index in [1.54, 1.807) is 0 Å². The summed E-state index contributed by atoms with van der Waals surface area (Å²) in [6, 6.07) is 4.31. The van der Waals surface area contributed by atoms with Crippen LogP contribution < -0.4 is 5.32 Å². The summed E-state index contributed by atoms with van der Waals surface area (Å²) >= 11 is 7.34. The molecule has 1 nitrogen and oxygen atoms in total. The summed E-state index contributed by atoms with van der Waals surface area (Å²) in [6.45, 7) is 2.17. The van der Waals surface area contributed by atoms with E-state index in [9.17, 15) is 0 Å². The van der Waals surface area contributed by atoms with Crippen LogP contribution in [0.4, 0.5) is 0 Å². The van der Waals surface area contributed by atoms with Crippen LogP contribution in [0.5, 0.6) is 0 Å². The van der Waals surface area contributed by atoms with Crippen molar-refractivity contribution >= 4 is 39.0 Å². The molecule has 1 fully saturated rings. The number of thioether (sulfide) groups is 1. The normalized spacial score (nSPS) is 18.8. The van der Waals surface area contributed by atoms with Gasteiger partial charge in [-0.25, -0.2) is 0 Å². The summed E-state index contributed by atoms with van der Waals surface area (Å²) in [6.07, 6.45) is 6.42. The van der Waals surface area contributed by atoms with Gasteiger partial charge in [0.2, 0.25) is 0 Å². The molecule has 15 heavy (non-hydrogen) atoms. The first-order valence-electron chi connectivity index (χ1n) is 5.24. The third-order valence-electron chi connectivity index (χ3n) is 3.07. The van der Waals surface area contributed by atoms with Gasteiger partial charge in [0, 0.05) is 22.7 Å². The fraction of sp³-hybridized carbons (Fsp3) is 0.636. The Bertz CT molecular complexity index is 315. The Morgan fingerprint density at radius 2 is 2.33 bits per heavy atom. The van der Waals surface area contributed by atoms with Gasteiger partial charge in [-0.15, -0.1) is 11.3 Å². The maximum atomic E-state index is 3.58. The van der Waals surface area contributed by atoms with E-state index < -0.39 is 0 Å². The molecule has 4 heteroatoms. The van der Waals surface area contributed by atoms with Crippen molar-refractivity contribution in [2.45, 2.75) is 30.6 Å². The molecule has 0 atom stereocenters. The van der Waals surface area contributed by atoms with Gasteiger partial charge in [-0.05, 0) is 47.2 Å². The Labute approximate surface area is 108 Å². The Morgan fingerprint density at radius 3 is 2.80 bits per heavy atom. The van der Waals surface area contributed by atoms with E-state index in [4.69, 9.17) is 0 Å². The molecule has 0 unspecified atom stereocenters. The molecular weight excluding hydrogens is 290 g/mol. The Kier molecular flexibility index (Phi) is 4.16. The molecule has 0 aliphatic heterocycles. The standard InChI is InChI=1S/C11H16BrNS2/c1-14-11(5-2-6-11)8-13-7-9-3-4-10(12)15-9/h3-4,13H,2,5-8H2,1H3. The highest BCUT2D eigenvalue weighted by molar-refractivity contribution is 9.11. The highest BCUT2D eigenvalue weighted by Crippen LogP contribution is 2.42. The van der Waals surface area contributed by atoms with Gasteiger partial charge in [-0.3, -0.25) is 0 Å². The van der Waals surface area contributed by atoms with E-state index in [1.165, 1.54) is 27.9 Å². The first-order valence-corrected chi connectivity index (χ1v) is 8.08. The van der Waals surface area contributed by atoms with Crippen molar-refractivity contribution in [1.82, 2.24) is 5.32 Å². The minimum absolute atomic E-state index is 0.550. The molecule has 84 valence electrons. The minimum atomic E-state index is 0.550. The van der Waals surface area contributed by atoms with Crippen LogP contribution in [0.3, 0.4) is 0 Å². The third-order valence-corrected chi connectivity index (χ3v) is 6.12. The van der Waals surface area contributed by atoms with Gasteiger partial charge < -0.3 is 5.32 Å². The molecule has 1 heterocycles. The zero-order chi connectivity index (χ0) is 10.7. The number of nitrogens with one attached hydrogen (secondary N) is 1. The predicted molar refractivity (Wildman–Crippen MR) is 73.8 cm³/mol. The molecule has 0 bridgehead atoms. The van der Waals surface area contributed by atoms with Crippen LogP contribution >= 0.6 is 39.0 Å². The van der Waals surface area contributed by atoms with Crippen LogP contribution in [0.1, 0.15) is 24.1 Å². The smallest absolute Gasteiger partial charge is 0.0701 e. The highest BCUT2D eigenvalue weighted by Gasteiger charge is 2.35. The zero-order valence-electron chi connectivity index (χ0n) is 8.88. The monoisotopic (exact) mass is 305 g/mol. The van der Waals surface area contributed by atoms with E-state index in [1.807, 2.05) is 23.1 Å². The topological polar surface area (TPSA) is 12.0 Å². The summed E-state index contributed by atoms with van der Waals surface area (Å²) < 4.78 is 1.77. The molecule has 1 aromatic rings. The molecular formula is C11H16BrNS2. The lowest BCUT2D eigenvalue weighted by Crippen LogP contribution is -2.43. The van der Waals surface area contributed by atoms with E-state index >= 15 is 0 Å². The minimum Gasteiger partial charge on any atom is -0.310 e. The molecule has 0 amide bonds. The summed E-state index contributed by atoms with van der Waals surface area (Å²) in [5.41, 5.74) is 0. The summed E-state index contributed by atoms with van der Waals surface area (Å²) in [5.74, 6) is 0. The fourth-order valence-electron chi connectivity index (χ4n) is 1.88. The molecule has 1 aromatic heterocycles. The largest absolute Gasteiger partial charge is 0.310 e. The van der Waals surface area contributed by atoms with E-state index in [-0.39, 0.29) is 0 Å². The average molecular weight is 306 g/mol. The first kappa shape index (κ1) is 12.0. The molecule has 0 saturated heterocycles. The van der Waals surface area contributed by atoms with Crippen LogP contribution in [-0.2, 0) is 6.54 Å². The predicted octanol–water partition coefficient (Wildman–Crippen LogP) is 3.89. The maximum Gasteiger partial charge on any atom is 0.0701 e. The molecule has 0 radical (unpaired) electrons. The SMILES string of the molecule is CSC1(CNCc2ccc(Br)s2)CCC1. The van der Waals surface area contributed by atoms with Gasteiger partial charge in [0.15, 0.2) is 0 Å². The van der Waals surface area contributed by atoms with Gasteiger partial charge in [0.1, 0.15) is 0 Å². The number of rotatable bonds is 5. The van der Waals surface area contributed by atoms with Crippen LogP contribution in [0.15, 0.2) is 15.9 Å². The average Bonchev–Trinajstić information content (AvgIpc) is 2.56. The van der Waals surface area contributed by atoms with Gasteiger partial charge >= 0.3 is 0 Å². The first-order chi connectivity index (χ1) is 7.24. The summed E-state index contributed by atoms with van der Waals surface area (Å²) in [7, 11) is 0. The Morgan fingerprint density at radius 1 is 1.53 bits per heavy atom. The number of halogens is 1. The number of hydrogen-bond acceptors (Lipinski definition) is 3. The number of thiophene rings is 1. The van der Waals surface area contributed by atoms with Crippen LogP contribution in [-0.4, -0.2) is 17.5 Å². The van der Waals surface area contributed by atoms with Crippen molar-refractivity contribution in [1.29, 1.82) is 0 Å². The lowest BCUT2D eigenvalue weighted by Gasteiger charge is -2.40. The second kappa shape index (κ2) is 5.21. The van der Waals surface area contributed by atoms with Crippen molar-refractivity contribution < 1.29 is 0 Å². The fourth-order valence-corrected chi connectivity index (χ4v) is 4.28. The van der Waals surface area contributed by atoms with E-state index in [0.717, 1.165) is 13.1 Å². The van der Waals surface area contributed by atoms with Crippen LogP contribution in [0, 0.1) is 0 Å². The third kappa shape index (κ3) is 2.99. The molecule has 1 N–H and O–H groups in total. The summed E-state index contributed by atoms with van der Waals surface area (Å²) in [4.78, 5) is 1.41. The zero-order valence-corrected chi connectivity index (χ0v) is 12.1. The maximum absolute atomic E-state index is 3.58. The molecule has 1 aliphatic rings. The Hall–Kier alpha value is 0.490. The van der Waals surface area contributed by atoms with Gasteiger partial charge in [-0.1, -0.05) is 6.42 Å². The van der Waals surface area contributed by atoms with Crippen molar-refractivity contribution in [3.05, 3.63) is 20.8 Å². The second-order valence-electron chi connectivity index (χ2n) is 4.05. The molecule has 0 spiro atoms. The summed E-state index contributed by atoms with van der Waals surface area (Å²) in [5, 5.41) is 3.58. The Balaban J connectivity index is 1.74. The van der Waals surface area contributed by atoms with Crippen LogP contribution in [0.2, 0.25) is 0 Å². The molecule has 0 aromatic carbocycles. The number of hydrogen-bond donors (Lipinski definition) is 1. The van der Waals surface area contributed by atoms with E-state index in [2.05, 4.69) is 39.6 Å². The highest BCUT2D eigenvalue weighted by atomic mass is 79.9. The quantitative estimate of drug-likeness (QED) is 0.886. The van der Waals surface area contributed by atoms with Gasteiger partial charge in [0.05, 0.1) is 3.79 Å². The second-order valence-corrected chi connectivity index (χ2v) is 7.87. The molecule has 1 aliphatic carbocycles. The van der Waals surface area contributed by atoms with Crippen molar-refractivity contribution in [2.24, 2.45) is 0 Å². The van der Waals surface area contributed by atoms with Crippen molar-refractivity contribution in [3.63, 3.8) is 0 Å². The van der Waals surface area contributed by atoms with Crippen molar-refractivity contribution in [2.75, 3.05) is 12.8 Å². The van der Waals surface area contributed by atoms with Crippen molar-refractivity contribution in [3.8, 4) is 0 Å². The van der Waals surface area contributed by atoms with E-state index in [0.29, 0.717) is 4.75 Å². The van der Waals surface area contributed by atoms with Gasteiger partial charge in [-0.2, -0.15) is 11.8 Å². The van der Waals surface area contributed by atoms with Crippen LogP contribution in [0.25, 0.3) is 0 Å². The lowest BCUT2D eigenvalue weighted by molar-refractivity contribution is 0.346. The lowest BCUT2D eigenvalue weighted by atomic mass is 9.84. The molecule has 2 rings (SSSR count).